The van der Waals surface area contributed by atoms with Gasteiger partial charge >= 0.3 is 0 Å². The first-order chi connectivity index (χ1) is 10.2. The smallest absolute Gasteiger partial charge is 0.175 e. The number of nitrogen functional groups attached to an aromatic ring is 1. The Morgan fingerprint density at radius 1 is 1.38 bits per heavy atom. The summed E-state index contributed by atoms with van der Waals surface area (Å²) < 4.78 is 16.5. The van der Waals surface area contributed by atoms with Crippen LogP contribution in [0.25, 0.3) is 11.1 Å². The van der Waals surface area contributed by atoms with E-state index in [1.54, 1.807) is 7.11 Å². The summed E-state index contributed by atoms with van der Waals surface area (Å²) in [7, 11) is 1.65. The molecular formula is C16H20N2O3. The topological polar surface area (TPSA) is 70.5 Å². The zero-order valence-corrected chi connectivity index (χ0v) is 12.4. The fraction of sp³-hybridized carbons (Fsp3) is 0.438. The van der Waals surface area contributed by atoms with Crippen LogP contribution in [0.2, 0.25) is 0 Å². The van der Waals surface area contributed by atoms with E-state index in [1.807, 2.05) is 19.1 Å². The molecule has 1 aromatic carbocycles. The molecule has 1 saturated heterocycles. The number of aromatic nitrogens is 1. The van der Waals surface area contributed by atoms with E-state index in [0.29, 0.717) is 12.4 Å². The zero-order valence-electron chi connectivity index (χ0n) is 12.4. The predicted molar refractivity (Wildman–Crippen MR) is 80.4 cm³/mol. The molecule has 2 N–H and O–H groups in total. The third kappa shape index (κ3) is 2.61. The molecule has 1 atom stereocenters. The van der Waals surface area contributed by atoms with Crippen LogP contribution in [0.3, 0.4) is 0 Å². The molecule has 112 valence electrons. The highest BCUT2D eigenvalue weighted by Gasteiger charge is 2.27. The Morgan fingerprint density at radius 2 is 2.24 bits per heavy atom. The van der Waals surface area contributed by atoms with Gasteiger partial charge in [-0.05, 0) is 31.9 Å². The lowest BCUT2D eigenvalue weighted by atomic mass is 9.92. The van der Waals surface area contributed by atoms with Gasteiger partial charge in [0.25, 0.3) is 0 Å². The summed E-state index contributed by atoms with van der Waals surface area (Å²) in [5, 5.41) is 3.96. The monoisotopic (exact) mass is 288 g/mol. The Hall–Kier alpha value is -2.01. The minimum atomic E-state index is 0.198. The lowest BCUT2D eigenvalue weighted by molar-refractivity contribution is 0.0723. The summed E-state index contributed by atoms with van der Waals surface area (Å²) in [4.78, 5) is 0. The van der Waals surface area contributed by atoms with Crippen LogP contribution in [0.5, 0.6) is 5.75 Å². The van der Waals surface area contributed by atoms with Crippen molar-refractivity contribution in [3.05, 3.63) is 29.5 Å². The second kappa shape index (κ2) is 5.77. The quantitative estimate of drug-likeness (QED) is 0.939. The maximum absolute atomic E-state index is 6.05. The zero-order chi connectivity index (χ0) is 14.8. The first-order valence-electron chi connectivity index (χ1n) is 7.18. The molecular weight excluding hydrogens is 268 g/mol. The Bertz CT molecular complexity index is 630. The van der Waals surface area contributed by atoms with E-state index < -0.39 is 0 Å². The molecule has 0 bridgehead atoms. The van der Waals surface area contributed by atoms with Gasteiger partial charge < -0.3 is 19.7 Å². The van der Waals surface area contributed by atoms with Crippen molar-refractivity contribution in [2.24, 2.45) is 0 Å². The number of anilines is 1. The number of ether oxygens (including phenoxy) is 2. The first kappa shape index (κ1) is 13.9. The lowest BCUT2D eigenvalue weighted by Gasteiger charge is -2.21. The van der Waals surface area contributed by atoms with Crippen LogP contribution in [-0.4, -0.2) is 25.5 Å². The summed E-state index contributed by atoms with van der Waals surface area (Å²) in [6.07, 6.45) is 2.05. The van der Waals surface area contributed by atoms with Crippen LogP contribution in [-0.2, 0) is 4.74 Å². The van der Waals surface area contributed by atoms with Gasteiger partial charge in [-0.15, -0.1) is 0 Å². The van der Waals surface area contributed by atoms with Gasteiger partial charge in [0.15, 0.2) is 11.6 Å². The minimum Gasteiger partial charge on any atom is -0.496 e. The molecule has 21 heavy (non-hydrogen) atoms. The molecule has 0 saturated carbocycles. The summed E-state index contributed by atoms with van der Waals surface area (Å²) in [5.74, 6) is 2.17. The van der Waals surface area contributed by atoms with Gasteiger partial charge in [0.05, 0.1) is 19.3 Å². The molecule has 2 aromatic rings. The second-order valence-corrected chi connectivity index (χ2v) is 5.42. The fourth-order valence-corrected chi connectivity index (χ4v) is 2.83. The summed E-state index contributed by atoms with van der Waals surface area (Å²) >= 11 is 0. The van der Waals surface area contributed by atoms with Crippen molar-refractivity contribution < 1.29 is 14.0 Å². The molecule has 1 fully saturated rings. The predicted octanol–water partition coefficient (Wildman–Crippen LogP) is 3.13. The Kier molecular flexibility index (Phi) is 3.84. The van der Waals surface area contributed by atoms with E-state index in [4.69, 9.17) is 19.7 Å². The molecule has 1 aliphatic heterocycles. The number of rotatable bonds is 3. The van der Waals surface area contributed by atoms with Crippen molar-refractivity contribution in [1.29, 1.82) is 0 Å². The standard InChI is InChI=1S/C16H20N2O3/c1-10-5-6-13(19-2)12(8-10)14-15(21-18-16(14)17)11-4-3-7-20-9-11/h5-6,8,11H,3-4,7,9H2,1-2H3,(H2,17,18). The van der Waals surface area contributed by atoms with E-state index in [0.717, 1.165) is 47.6 Å². The lowest BCUT2D eigenvalue weighted by Crippen LogP contribution is -2.15. The number of aryl methyl sites for hydroxylation is 1. The summed E-state index contributed by atoms with van der Waals surface area (Å²) in [6, 6.07) is 6.00. The Labute approximate surface area is 124 Å². The van der Waals surface area contributed by atoms with Gasteiger partial charge in [-0.25, -0.2) is 0 Å². The highest BCUT2D eigenvalue weighted by atomic mass is 16.5. The van der Waals surface area contributed by atoms with Gasteiger partial charge in [0, 0.05) is 18.1 Å². The molecule has 3 rings (SSSR count). The van der Waals surface area contributed by atoms with Gasteiger partial charge in [-0.2, -0.15) is 0 Å². The average Bonchev–Trinajstić information content (AvgIpc) is 2.89. The molecule has 1 unspecified atom stereocenters. The molecule has 1 aromatic heterocycles. The van der Waals surface area contributed by atoms with Gasteiger partial charge in [0.1, 0.15) is 5.75 Å². The second-order valence-electron chi connectivity index (χ2n) is 5.42. The van der Waals surface area contributed by atoms with Crippen LogP contribution in [0, 0.1) is 6.92 Å². The number of nitrogens with zero attached hydrogens (tertiary/aromatic N) is 1. The number of hydrogen-bond acceptors (Lipinski definition) is 5. The first-order valence-corrected chi connectivity index (χ1v) is 7.18. The molecule has 5 heteroatoms. The Morgan fingerprint density at radius 3 is 2.95 bits per heavy atom. The fourth-order valence-electron chi connectivity index (χ4n) is 2.83. The highest BCUT2D eigenvalue weighted by Crippen LogP contribution is 2.41. The van der Waals surface area contributed by atoms with Crippen molar-refractivity contribution in [3.8, 4) is 16.9 Å². The molecule has 5 nitrogen and oxygen atoms in total. The molecule has 1 aliphatic rings. The third-order valence-electron chi connectivity index (χ3n) is 3.90. The van der Waals surface area contributed by atoms with Crippen molar-refractivity contribution in [3.63, 3.8) is 0 Å². The van der Waals surface area contributed by atoms with E-state index in [1.165, 1.54) is 0 Å². The van der Waals surface area contributed by atoms with Crippen LogP contribution >= 0.6 is 0 Å². The third-order valence-corrected chi connectivity index (χ3v) is 3.90. The molecule has 2 heterocycles. The number of methoxy groups -OCH3 is 1. The van der Waals surface area contributed by atoms with Gasteiger partial charge in [0.2, 0.25) is 0 Å². The van der Waals surface area contributed by atoms with E-state index in [9.17, 15) is 0 Å². The van der Waals surface area contributed by atoms with Crippen molar-refractivity contribution in [2.45, 2.75) is 25.7 Å². The largest absolute Gasteiger partial charge is 0.496 e. The van der Waals surface area contributed by atoms with Crippen molar-refractivity contribution in [2.75, 3.05) is 26.1 Å². The molecule has 0 spiro atoms. The number of hydrogen-bond donors (Lipinski definition) is 1. The number of benzene rings is 1. The van der Waals surface area contributed by atoms with Crippen LogP contribution in [0.4, 0.5) is 5.82 Å². The summed E-state index contributed by atoms with van der Waals surface area (Å²) in [5.41, 5.74) is 8.96. The van der Waals surface area contributed by atoms with Crippen molar-refractivity contribution in [1.82, 2.24) is 5.16 Å². The van der Waals surface area contributed by atoms with Gasteiger partial charge in [-0.3, -0.25) is 0 Å². The van der Waals surface area contributed by atoms with E-state index in [2.05, 4.69) is 11.2 Å². The Balaban J connectivity index is 2.09. The van der Waals surface area contributed by atoms with E-state index >= 15 is 0 Å². The molecule has 0 amide bonds. The van der Waals surface area contributed by atoms with Gasteiger partial charge in [-0.1, -0.05) is 16.8 Å². The maximum Gasteiger partial charge on any atom is 0.175 e. The maximum atomic E-state index is 6.05. The summed E-state index contributed by atoms with van der Waals surface area (Å²) in [6.45, 7) is 3.50. The van der Waals surface area contributed by atoms with Crippen LogP contribution < -0.4 is 10.5 Å². The van der Waals surface area contributed by atoms with Crippen LogP contribution in [0.1, 0.15) is 30.1 Å². The minimum absolute atomic E-state index is 0.198. The highest BCUT2D eigenvalue weighted by molar-refractivity contribution is 5.80. The molecule has 0 aliphatic carbocycles. The van der Waals surface area contributed by atoms with Crippen molar-refractivity contribution >= 4 is 5.82 Å². The normalized spacial score (nSPS) is 18.7. The molecule has 0 radical (unpaired) electrons. The van der Waals surface area contributed by atoms with E-state index in [-0.39, 0.29) is 5.92 Å². The average molecular weight is 288 g/mol. The SMILES string of the molecule is COc1ccc(C)cc1-c1c(N)noc1C1CCCOC1. The van der Waals surface area contributed by atoms with Crippen LogP contribution in [0.15, 0.2) is 22.7 Å². The number of nitrogens with two attached hydrogens (primary N) is 1.